The third kappa shape index (κ3) is 2.63. The zero-order valence-corrected chi connectivity index (χ0v) is 12.1. The summed E-state index contributed by atoms with van der Waals surface area (Å²) in [5, 5.41) is 4.33. The van der Waals surface area contributed by atoms with E-state index in [1.165, 1.54) is 0 Å². The Kier molecular flexibility index (Phi) is 4.33. The van der Waals surface area contributed by atoms with Crippen LogP contribution in [0.4, 0.5) is 0 Å². The molecule has 0 aromatic carbocycles. The topological polar surface area (TPSA) is 60.9 Å². The van der Waals surface area contributed by atoms with E-state index in [2.05, 4.69) is 18.9 Å². The molecule has 0 fully saturated rings. The van der Waals surface area contributed by atoms with Crippen molar-refractivity contribution >= 4 is 11.5 Å². The van der Waals surface area contributed by atoms with Gasteiger partial charge in [-0.1, -0.05) is 13.8 Å². The molecule has 2 N–H and O–H groups in total. The van der Waals surface area contributed by atoms with Crippen molar-refractivity contribution in [2.75, 3.05) is 0 Å². The van der Waals surface area contributed by atoms with E-state index in [0.29, 0.717) is 11.3 Å². The maximum atomic E-state index is 11.7. The van der Waals surface area contributed by atoms with Crippen LogP contribution in [0.15, 0.2) is 11.8 Å². The highest BCUT2D eigenvalue weighted by molar-refractivity contribution is 6.01. The second-order valence-corrected chi connectivity index (χ2v) is 5.22. The lowest BCUT2D eigenvalue weighted by molar-refractivity contribution is -0.113. The van der Waals surface area contributed by atoms with Crippen LogP contribution in [0.5, 0.6) is 0 Å². The Morgan fingerprint density at radius 3 is 2.28 bits per heavy atom. The lowest BCUT2D eigenvalue weighted by Crippen LogP contribution is -2.13. The van der Waals surface area contributed by atoms with Gasteiger partial charge in [-0.15, -0.1) is 0 Å². The number of rotatable bonds is 4. The van der Waals surface area contributed by atoms with Crippen molar-refractivity contribution in [1.29, 1.82) is 0 Å². The van der Waals surface area contributed by atoms with Crippen molar-refractivity contribution in [3.63, 3.8) is 0 Å². The van der Waals surface area contributed by atoms with Crippen LogP contribution in [-0.2, 0) is 4.79 Å². The van der Waals surface area contributed by atoms with Crippen LogP contribution in [0.1, 0.15) is 53.3 Å². The van der Waals surface area contributed by atoms with Gasteiger partial charge in [0, 0.05) is 30.0 Å². The zero-order valence-electron chi connectivity index (χ0n) is 12.1. The number of ketones is 1. The smallest absolute Gasteiger partial charge is 0.158 e. The standard InChI is InChI=1S/C14H23N3O.H2/c1-8(2)13(11(6)18)14(15)12-7-16-17(9(3)4)10(12)5;/h7-9H,15H2,1-6H3;1H/b14-13-;. The van der Waals surface area contributed by atoms with Gasteiger partial charge in [0.1, 0.15) is 0 Å². The van der Waals surface area contributed by atoms with E-state index in [0.717, 1.165) is 11.3 Å². The molecule has 0 radical (unpaired) electrons. The van der Waals surface area contributed by atoms with Crippen LogP contribution in [-0.4, -0.2) is 15.6 Å². The number of hydrogen-bond donors (Lipinski definition) is 1. The maximum absolute atomic E-state index is 11.7. The van der Waals surface area contributed by atoms with Crippen molar-refractivity contribution in [1.82, 2.24) is 9.78 Å². The van der Waals surface area contributed by atoms with Gasteiger partial charge in [0.05, 0.1) is 6.20 Å². The monoisotopic (exact) mass is 251 g/mol. The average molecular weight is 251 g/mol. The van der Waals surface area contributed by atoms with Gasteiger partial charge in [-0.05, 0) is 33.6 Å². The molecule has 1 aromatic rings. The van der Waals surface area contributed by atoms with E-state index in [9.17, 15) is 4.79 Å². The molecule has 0 atom stereocenters. The van der Waals surface area contributed by atoms with Gasteiger partial charge in [0.25, 0.3) is 0 Å². The first-order chi connectivity index (χ1) is 8.27. The van der Waals surface area contributed by atoms with Crippen LogP contribution in [0, 0.1) is 12.8 Å². The highest BCUT2D eigenvalue weighted by Crippen LogP contribution is 2.24. The van der Waals surface area contributed by atoms with Gasteiger partial charge in [-0.2, -0.15) is 5.10 Å². The van der Waals surface area contributed by atoms with Gasteiger partial charge in [0.2, 0.25) is 0 Å². The lowest BCUT2D eigenvalue weighted by Gasteiger charge is -2.13. The van der Waals surface area contributed by atoms with Crippen LogP contribution >= 0.6 is 0 Å². The Balaban J connectivity index is 0.00000324. The Morgan fingerprint density at radius 1 is 1.39 bits per heavy atom. The number of allylic oxidation sites excluding steroid dienone is 1. The summed E-state index contributed by atoms with van der Waals surface area (Å²) in [6.45, 7) is 11.6. The van der Waals surface area contributed by atoms with Crippen LogP contribution in [0.25, 0.3) is 5.70 Å². The summed E-state index contributed by atoms with van der Waals surface area (Å²) in [5.41, 5.74) is 9.27. The number of carbonyl (C=O) groups excluding carboxylic acids is 1. The molecule has 18 heavy (non-hydrogen) atoms. The summed E-state index contributed by atoms with van der Waals surface area (Å²) in [5.74, 6) is 0.142. The molecule has 0 saturated heterocycles. The predicted molar refractivity (Wildman–Crippen MR) is 76.1 cm³/mol. The molecule has 4 heteroatoms. The predicted octanol–water partition coefficient (Wildman–Crippen LogP) is 2.93. The van der Waals surface area contributed by atoms with Crippen LogP contribution in [0.3, 0.4) is 0 Å². The molecule has 1 aromatic heterocycles. The molecule has 0 saturated carbocycles. The van der Waals surface area contributed by atoms with E-state index in [1.54, 1.807) is 13.1 Å². The number of nitrogens with two attached hydrogens (primary N) is 1. The number of hydrogen-bond acceptors (Lipinski definition) is 3. The Hall–Kier alpha value is -1.58. The fourth-order valence-electron chi connectivity index (χ4n) is 2.26. The number of nitrogens with zero attached hydrogens (tertiary/aromatic N) is 2. The molecular weight excluding hydrogens is 226 g/mol. The molecule has 1 heterocycles. The first-order valence-electron chi connectivity index (χ1n) is 6.32. The fraction of sp³-hybridized carbons (Fsp3) is 0.571. The van der Waals surface area contributed by atoms with Gasteiger partial charge in [0.15, 0.2) is 5.78 Å². The zero-order chi connectivity index (χ0) is 14.0. The highest BCUT2D eigenvalue weighted by atomic mass is 16.1. The summed E-state index contributed by atoms with van der Waals surface area (Å²) in [4.78, 5) is 11.7. The van der Waals surface area contributed by atoms with E-state index in [-0.39, 0.29) is 19.2 Å². The SMILES string of the molecule is CC(=O)/C(=C(\N)c1cnn(C(C)C)c1C)C(C)C.[HH]. The fourth-order valence-corrected chi connectivity index (χ4v) is 2.26. The lowest BCUT2D eigenvalue weighted by atomic mass is 9.95. The normalized spacial score (nSPS) is 13.1. The molecule has 0 bridgehead atoms. The van der Waals surface area contributed by atoms with E-state index < -0.39 is 0 Å². The van der Waals surface area contributed by atoms with Crippen molar-refractivity contribution in [2.45, 2.75) is 47.6 Å². The van der Waals surface area contributed by atoms with Crippen molar-refractivity contribution in [2.24, 2.45) is 11.7 Å². The minimum atomic E-state index is 0. The number of Topliss-reactive ketones (excluding diaryl/α,β-unsaturated/α-hetero) is 1. The molecule has 0 aliphatic carbocycles. The minimum absolute atomic E-state index is 0. The summed E-state index contributed by atoms with van der Waals surface area (Å²) in [6, 6.07) is 0.284. The van der Waals surface area contributed by atoms with Crippen LogP contribution < -0.4 is 5.73 Å². The Morgan fingerprint density at radius 2 is 1.94 bits per heavy atom. The van der Waals surface area contributed by atoms with Crippen molar-refractivity contribution in [3.05, 3.63) is 23.0 Å². The van der Waals surface area contributed by atoms with E-state index in [1.807, 2.05) is 25.5 Å². The summed E-state index contributed by atoms with van der Waals surface area (Å²) in [7, 11) is 0. The third-order valence-corrected chi connectivity index (χ3v) is 3.07. The molecule has 0 aliphatic rings. The van der Waals surface area contributed by atoms with E-state index >= 15 is 0 Å². The molecule has 102 valence electrons. The minimum Gasteiger partial charge on any atom is -0.398 e. The summed E-state index contributed by atoms with van der Waals surface area (Å²) in [6.07, 6.45) is 1.75. The highest BCUT2D eigenvalue weighted by Gasteiger charge is 2.18. The molecule has 4 nitrogen and oxygen atoms in total. The summed E-state index contributed by atoms with van der Waals surface area (Å²) >= 11 is 0. The van der Waals surface area contributed by atoms with Crippen molar-refractivity contribution < 1.29 is 6.22 Å². The Bertz CT molecular complexity index is 487. The number of carbonyl (C=O) groups is 1. The number of aromatic nitrogens is 2. The summed E-state index contributed by atoms with van der Waals surface area (Å²) < 4.78 is 1.92. The second kappa shape index (κ2) is 5.38. The molecule has 1 rings (SSSR count). The van der Waals surface area contributed by atoms with Gasteiger partial charge in [-0.3, -0.25) is 9.48 Å². The molecule has 0 aliphatic heterocycles. The first-order valence-corrected chi connectivity index (χ1v) is 6.32. The second-order valence-electron chi connectivity index (χ2n) is 5.22. The molecular formula is C14H25N3O. The third-order valence-electron chi connectivity index (χ3n) is 3.07. The molecule has 0 amide bonds. The Labute approximate surface area is 110 Å². The average Bonchev–Trinajstić information content (AvgIpc) is 2.58. The van der Waals surface area contributed by atoms with E-state index in [4.69, 9.17) is 5.73 Å². The molecule has 0 spiro atoms. The van der Waals surface area contributed by atoms with Crippen LogP contribution in [0.2, 0.25) is 0 Å². The maximum Gasteiger partial charge on any atom is 0.158 e. The van der Waals surface area contributed by atoms with Gasteiger partial charge in [-0.25, -0.2) is 0 Å². The van der Waals surface area contributed by atoms with Crippen molar-refractivity contribution in [3.8, 4) is 0 Å². The quantitative estimate of drug-likeness (QED) is 0.837. The van der Waals surface area contributed by atoms with Gasteiger partial charge >= 0.3 is 0 Å². The molecule has 0 unspecified atom stereocenters. The first kappa shape index (κ1) is 14.5. The largest absolute Gasteiger partial charge is 0.398 e. The van der Waals surface area contributed by atoms with Gasteiger partial charge < -0.3 is 5.73 Å².